The first-order valence-corrected chi connectivity index (χ1v) is 8.26. The molecule has 2 atom stereocenters. The number of likely N-dealkylation sites (tertiary alicyclic amines) is 1. The molecule has 1 aliphatic rings. The average molecular weight is 344 g/mol. The summed E-state index contributed by atoms with van der Waals surface area (Å²) in [5.41, 5.74) is -0.242. The minimum absolute atomic E-state index is 0.107. The molecule has 3 rings (SSSR count). The van der Waals surface area contributed by atoms with E-state index in [1.54, 1.807) is 4.90 Å². The first kappa shape index (κ1) is 17.1. The number of piperidine rings is 1. The maximum atomic E-state index is 12.6. The lowest BCUT2D eigenvalue weighted by Crippen LogP contribution is -2.44. The number of aromatic nitrogens is 2. The number of nitro groups is 1. The largest absolute Gasteiger partial charge is 0.341 e. The number of fused-ring (bicyclic) bond motifs is 1. The van der Waals surface area contributed by atoms with E-state index >= 15 is 0 Å². The van der Waals surface area contributed by atoms with E-state index in [0.29, 0.717) is 30.4 Å². The van der Waals surface area contributed by atoms with Crippen molar-refractivity contribution in [2.75, 3.05) is 13.1 Å². The summed E-state index contributed by atoms with van der Waals surface area (Å²) in [5.74, 6) is 0.732. The van der Waals surface area contributed by atoms with Crippen molar-refractivity contribution in [3.63, 3.8) is 0 Å². The van der Waals surface area contributed by atoms with Crippen molar-refractivity contribution in [2.45, 2.75) is 26.8 Å². The molecule has 132 valence electrons. The normalized spacial score (nSPS) is 20.6. The fourth-order valence-corrected chi connectivity index (χ4v) is 3.49. The van der Waals surface area contributed by atoms with Crippen molar-refractivity contribution < 1.29 is 9.72 Å². The van der Waals surface area contributed by atoms with Gasteiger partial charge in [0.25, 0.3) is 11.2 Å². The lowest BCUT2D eigenvalue weighted by Gasteiger charge is -2.35. The second-order valence-corrected chi connectivity index (χ2v) is 6.88. The minimum Gasteiger partial charge on any atom is -0.341 e. The lowest BCUT2D eigenvalue weighted by molar-refractivity contribution is -0.384. The quantitative estimate of drug-likeness (QED) is 0.625. The van der Waals surface area contributed by atoms with Gasteiger partial charge >= 0.3 is 0 Å². The van der Waals surface area contributed by atoms with Crippen molar-refractivity contribution in [1.82, 2.24) is 14.5 Å². The first-order chi connectivity index (χ1) is 11.8. The van der Waals surface area contributed by atoms with E-state index in [1.165, 1.54) is 29.1 Å². The summed E-state index contributed by atoms with van der Waals surface area (Å²) in [4.78, 5) is 41.4. The van der Waals surface area contributed by atoms with Crippen molar-refractivity contribution in [1.29, 1.82) is 0 Å². The maximum absolute atomic E-state index is 12.6. The molecule has 0 spiro atoms. The Bertz CT molecular complexity index is 882. The number of carbonyl (C=O) groups excluding carboxylic acids is 1. The van der Waals surface area contributed by atoms with Gasteiger partial charge in [0.05, 0.1) is 22.2 Å². The zero-order valence-electron chi connectivity index (χ0n) is 14.2. The molecule has 2 aromatic rings. The number of non-ortho nitro benzene ring substituents is 1. The molecule has 8 nitrogen and oxygen atoms in total. The van der Waals surface area contributed by atoms with E-state index in [1.807, 2.05) is 0 Å². The Labute approximate surface area is 144 Å². The van der Waals surface area contributed by atoms with E-state index in [9.17, 15) is 19.7 Å². The van der Waals surface area contributed by atoms with Crippen LogP contribution in [0.4, 0.5) is 5.69 Å². The van der Waals surface area contributed by atoms with Crippen LogP contribution >= 0.6 is 0 Å². The van der Waals surface area contributed by atoms with Crippen LogP contribution in [-0.2, 0) is 11.3 Å². The van der Waals surface area contributed by atoms with Crippen LogP contribution in [-0.4, -0.2) is 38.4 Å². The van der Waals surface area contributed by atoms with Crippen LogP contribution in [0.15, 0.2) is 29.3 Å². The molecular formula is C17H20N4O4. The molecule has 2 heterocycles. The monoisotopic (exact) mass is 344 g/mol. The zero-order chi connectivity index (χ0) is 18.1. The molecule has 0 saturated carbocycles. The third kappa shape index (κ3) is 3.52. The smallest absolute Gasteiger partial charge is 0.270 e. The van der Waals surface area contributed by atoms with Gasteiger partial charge in [0, 0.05) is 25.2 Å². The summed E-state index contributed by atoms with van der Waals surface area (Å²) < 4.78 is 1.22. The molecule has 1 aromatic carbocycles. The molecule has 8 heteroatoms. The van der Waals surface area contributed by atoms with E-state index in [2.05, 4.69) is 18.8 Å². The predicted molar refractivity (Wildman–Crippen MR) is 92.2 cm³/mol. The maximum Gasteiger partial charge on any atom is 0.270 e. The van der Waals surface area contributed by atoms with Crippen LogP contribution < -0.4 is 5.56 Å². The number of carbonyl (C=O) groups is 1. The van der Waals surface area contributed by atoms with Gasteiger partial charge < -0.3 is 4.90 Å². The fourth-order valence-electron chi connectivity index (χ4n) is 3.49. The highest BCUT2D eigenvalue weighted by atomic mass is 16.6. The highest BCUT2D eigenvalue weighted by Crippen LogP contribution is 2.21. The van der Waals surface area contributed by atoms with Gasteiger partial charge in [0.1, 0.15) is 6.54 Å². The van der Waals surface area contributed by atoms with E-state index in [4.69, 9.17) is 0 Å². The van der Waals surface area contributed by atoms with Crippen molar-refractivity contribution >= 4 is 22.5 Å². The van der Waals surface area contributed by atoms with Crippen LogP contribution in [0.25, 0.3) is 10.9 Å². The van der Waals surface area contributed by atoms with Crippen LogP contribution in [0, 0.1) is 22.0 Å². The molecule has 1 fully saturated rings. The van der Waals surface area contributed by atoms with Gasteiger partial charge in [-0.15, -0.1) is 0 Å². The van der Waals surface area contributed by atoms with Gasteiger partial charge in [-0.25, -0.2) is 4.98 Å². The number of amides is 1. The van der Waals surface area contributed by atoms with Gasteiger partial charge in [0.15, 0.2) is 0 Å². The summed E-state index contributed by atoms with van der Waals surface area (Å²) in [6, 6.07) is 3.95. The molecule has 1 aliphatic heterocycles. The van der Waals surface area contributed by atoms with Crippen molar-refractivity contribution in [3.8, 4) is 0 Å². The van der Waals surface area contributed by atoms with Gasteiger partial charge in [-0.3, -0.25) is 24.3 Å². The number of nitro benzene ring substituents is 1. The summed E-state index contributed by atoms with van der Waals surface area (Å²) in [5, 5.41) is 11.0. The Morgan fingerprint density at radius 3 is 2.64 bits per heavy atom. The Balaban J connectivity index is 1.88. The minimum atomic E-state index is -0.558. The number of hydrogen-bond donors (Lipinski definition) is 0. The topological polar surface area (TPSA) is 98.3 Å². The average Bonchev–Trinajstić information content (AvgIpc) is 2.56. The molecule has 1 aromatic heterocycles. The molecule has 0 radical (unpaired) electrons. The standard InChI is InChI=1S/C17H20N4O4/c1-11-5-12(2)8-19(7-11)16(22)9-20-10-18-15-4-3-13(21(24)25)6-14(15)17(20)23/h3-4,6,10-12H,5,7-9H2,1-2H3/t11-,12-/m1/s1. The molecule has 0 bridgehead atoms. The SMILES string of the molecule is C[C@@H]1C[C@@H](C)CN(C(=O)Cn2cnc3ccc([N+](=O)[O-])cc3c2=O)C1. The second kappa shape index (κ2) is 6.62. The van der Waals surface area contributed by atoms with Crippen LogP contribution in [0.2, 0.25) is 0 Å². The van der Waals surface area contributed by atoms with Crippen molar-refractivity contribution in [3.05, 3.63) is 45.0 Å². The Kier molecular flexibility index (Phi) is 4.52. The fraction of sp³-hybridized carbons (Fsp3) is 0.471. The van der Waals surface area contributed by atoms with E-state index in [0.717, 1.165) is 6.42 Å². The first-order valence-electron chi connectivity index (χ1n) is 8.26. The van der Waals surface area contributed by atoms with Gasteiger partial charge in [-0.2, -0.15) is 0 Å². The molecule has 0 aliphatic carbocycles. The Morgan fingerprint density at radius 2 is 2.00 bits per heavy atom. The molecule has 25 heavy (non-hydrogen) atoms. The van der Waals surface area contributed by atoms with Crippen LogP contribution in [0.3, 0.4) is 0 Å². The summed E-state index contributed by atoms with van der Waals surface area (Å²) in [7, 11) is 0. The molecule has 1 amide bonds. The molecular weight excluding hydrogens is 324 g/mol. The van der Waals surface area contributed by atoms with Crippen LogP contribution in [0.1, 0.15) is 20.3 Å². The van der Waals surface area contributed by atoms with Gasteiger partial charge in [0.2, 0.25) is 5.91 Å². The lowest BCUT2D eigenvalue weighted by atomic mass is 9.92. The van der Waals surface area contributed by atoms with Gasteiger partial charge in [-0.05, 0) is 24.3 Å². The highest BCUT2D eigenvalue weighted by molar-refractivity contribution is 5.81. The Morgan fingerprint density at radius 1 is 1.32 bits per heavy atom. The summed E-state index contributed by atoms with van der Waals surface area (Å²) >= 11 is 0. The third-order valence-corrected chi connectivity index (χ3v) is 4.55. The Hall–Kier alpha value is -2.77. The van der Waals surface area contributed by atoms with Crippen molar-refractivity contribution in [2.24, 2.45) is 11.8 Å². The van der Waals surface area contributed by atoms with Gasteiger partial charge in [-0.1, -0.05) is 13.8 Å². The number of hydrogen-bond acceptors (Lipinski definition) is 5. The summed E-state index contributed by atoms with van der Waals surface area (Å²) in [6.45, 7) is 5.48. The predicted octanol–water partition coefficient (Wildman–Crippen LogP) is 1.81. The summed E-state index contributed by atoms with van der Waals surface area (Å²) in [6.07, 6.45) is 2.41. The zero-order valence-corrected chi connectivity index (χ0v) is 14.2. The third-order valence-electron chi connectivity index (χ3n) is 4.55. The number of benzene rings is 1. The second-order valence-electron chi connectivity index (χ2n) is 6.88. The molecule has 0 unspecified atom stereocenters. The molecule has 0 N–H and O–H groups in total. The van der Waals surface area contributed by atoms with E-state index < -0.39 is 10.5 Å². The molecule has 1 saturated heterocycles. The van der Waals surface area contributed by atoms with Crippen LogP contribution in [0.5, 0.6) is 0 Å². The number of rotatable bonds is 3. The highest BCUT2D eigenvalue weighted by Gasteiger charge is 2.25. The number of nitrogens with zero attached hydrogens (tertiary/aromatic N) is 4. The van der Waals surface area contributed by atoms with E-state index in [-0.39, 0.29) is 23.5 Å².